The molecule has 1 nitrogen and oxygen atoms in total. The molecule has 2 heteroatoms. The Kier molecular flexibility index (Phi) is 7.93. The van der Waals surface area contributed by atoms with Crippen LogP contribution in [-0.2, 0) is 4.43 Å². The lowest BCUT2D eigenvalue weighted by Crippen LogP contribution is -2.51. The second-order valence-corrected chi connectivity index (χ2v) is 19.5. The molecule has 34 heavy (non-hydrogen) atoms. The van der Waals surface area contributed by atoms with Gasteiger partial charge in [0.2, 0.25) is 0 Å². The fourth-order valence-electron chi connectivity index (χ4n) is 9.89. The first-order valence-electron chi connectivity index (χ1n) is 15.3. The van der Waals surface area contributed by atoms with Gasteiger partial charge in [0, 0.05) is 6.10 Å². The van der Waals surface area contributed by atoms with Crippen molar-refractivity contribution >= 4 is 8.32 Å². The number of hydrogen-bond donors (Lipinski definition) is 0. The summed E-state index contributed by atoms with van der Waals surface area (Å²) < 4.78 is 6.59. The van der Waals surface area contributed by atoms with Crippen LogP contribution in [0, 0.1) is 52.3 Å². The van der Waals surface area contributed by atoms with E-state index in [2.05, 4.69) is 67.3 Å². The lowest BCUT2D eigenvalue weighted by atomic mass is 9.47. The van der Waals surface area contributed by atoms with Gasteiger partial charge in [-0.25, -0.2) is 0 Å². The normalized spacial score (nSPS) is 41.9. The van der Waals surface area contributed by atoms with Gasteiger partial charge in [-0.3, -0.25) is 0 Å². The van der Waals surface area contributed by atoms with Gasteiger partial charge in [-0.15, -0.1) is 0 Å². The molecule has 0 saturated heterocycles. The summed E-state index contributed by atoms with van der Waals surface area (Å²) in [5, 5.41) is 0. The fraction of sp³-hybridized carbons (Fsp3) is 0.938. The first kappa shape index (κ1) is 27.0. The number of fused-ring (bicyclic) bond motifs is 5. The van der Waals surface area contributed by atoms with E-state index in [0.29, 0.717) is 16.9 Å². The quantitative estimate of drug-likeness (QED) is 0.245. The molecule has 3 fully saturated rings. The summed E-state index contributed by atoms with van der Waals surface area (Å²) in [5.74, 6) is 6.47. The van der Waals surface area contributed by atoms with Gasteiger partial charge in [-0.2, -0.15) is 0 Å². The summed E-state index contributed by atoms with van der Waals surface area (Å²) in [6.07, 6.45) is 18.7. The molecular weight excluding hydrogens is 428 g/mol. The monoisotopic (exact) mass is 486 g/mol. The minimum atomic E-state index is -1.46. The van der Waals surface area contributed by atoms with Crippen molar-refractivity contribution in [3.8, 4) is 0 Å². The Balaban J connectivity index is 1.45. The maximum absolute atomic E-state index is 6.59. The molecule has 0 aromatic heterocycles. The number of rotatable bonds is 8. The van der Waals surface area contributed by atoms with Crippen molar-refractivity contribution in [2.75, 3.05) is 0 Å². The summed E-state index contributed by atoms with van der Waals surface area (Å²) in [5.41, 5.74) is 2.84. The standard InChI is InChI=1S/C32H58OSi/c1-10-24(22(2)3)12-11-23(4)28-15-16-29-27-14-13-25-21-26(33-34(7,8)9)17-19-31(25,5)30(27)18-20-32(28,29)6/h13,22-24,26-30H,10-12,14-21H2,1-9H3/t23-,24-,26+,27+,28-,29+,30+,31+,32-/m1/s1. The molecule has 196 valence electrons. The topological polar surface area (TPSA) is 9.23 Å². The Labute approximate surface area is 214 Å². The average Bonchev–Trinajstić information content (AvgIpc) is 3.10. The molecule has 9 atom stereocenters. The van der Waals surface area contributed by atoms with Gasteiger partial charge in [0.1, 0.15) is 0 Å². The lowest BCUT2D eigenvalue weighted by Gasteiger charge is -2.58. The highest BCUT2D eigenvalue weighted by molar-refractivity contribution is 6.69. The third kappa shape index (κ3) is 5.03. The van der Waals surface area contributed by atoms with Crippen LogP contribution in [0.2, 0.25) is 19.6 Å². The van der Waals surface area contributed by atoms with Gasteiger partial charge in [0.05, 0.1) is 0 Å². The zero-order valence-corrected chi connectivity index (χ0v) is 25.4. The molecule has 0 radical (unpaired) electrons. The Morgan fingerprint density at radius 1 is 0.971 bits per heavy atom. The zero-order chi connectivity index (χ0) is 24.9. The molecule has 4 aliphatic carbocycles. The Morgan fingerprint density at radius 3 is 2.35 bits per heavy atom. The molecule has 4 rings (SSSR count). The third-order valence-corrected chi connectivity index (χ3v) is 12.8. The Morgan fingerprint density at radius 2 is 1.71 bits per heavy atom. The highest BCUT2D eigenvalue weighted by Crippen LogP contribution is 2.67. The average molecular weight is 487 g/mol. The van der Waals surface area contributed by atoms with Gasteiger partial charge in [-0.05, 0) is 130 Å². The van der Waals surface area contributed by atoms with Crippen molar-refractivity contribution in [3.63, 3.8) is 0 Å². The molecule has 0 aromatic carbocycles. The van der Waals surface area contributed by atoms with Gasteiger partial charge < -0.3 is 4.43 Å². The highest BCUT2D eigenvalue weighted by Gasteiger charge is 2.59. The molecule has 0 aliphatic heterocycles. The molecule has 4 aliphatic rings. The van der Waals surface area contributed by atoms with Gasteiger partial charge in [-0.1, -0.05) is 66.0 Å². The summed E-state index contributed by atoms with van der Waals surface area (Å²) in [7, 11) is -1.46. The summed E-state index contributed by atoms with van der Waals surface area (Å²) in [6.45, 7) is 22.4. The van der Waals surface area contributed by atoms with E-state index in [0.717, 1.165) is 41.4 Å². The van der Waals surface area contributed by atoms with Crippen LogP contribution >= 0.6 is 0 Å². The summed E-state index contributed by atoms with van der Waals surface area (Å²) in [4.78, 5) is 0. The minimum absolute atomic E-state index is 0.457. The van der Waals surface area contributed by atoms with Crippen molar-refractivity contribution in [2.24, 2.45) is 52.3 Å². The van der Waals surface area contributed by atoms with Crippen LogP contribution in [0.25, 0.3) is 0 Å². The first-order chi connectivity index (χ1) is 15.9. The lowest BCUT2D eigenvalue weighted by molar-refractivity contribution is -0.0565. The maximum atomic E-state index is 6.59. The molecule has 0 aromatic rings. The van der Waals surface area contributed by atoms with Crippen LogP contribution in [0.5, 0.6) is 0 Å². The largest absolute Gasteiger partial charge is 0.414 e. The van der Waals surface area contributed by atoms with Crippen LogP contribution in [0.1, 0.15) is 112 Å². The Bertz CT molecular complexity index is 734. The number of hydrogen-bond acceptors (Lipinski definition) is 1. The van der Waals surface area contributed by atoms with E-state index in [1.165, 1.54) is 70.6 Å². The van der Waals surface area contributed by atoms with Crippen LogP contribution in [-0.4, -0.2) is 14.4 Å². The van der Waals surface area contributed by atoms with Gasteiger partial charge in [0.25, 0.3) is 0 Å². The van der Waals surface area contributed by atoms with Crippen LogP contribution in [0.3, 0.4) is 0 Å². The molecule has 0 unspecified atom stereocenters. The van der Waals surface area contributed by atoms with Crippen molar-refractivity contribution in [2.45, 2.75) is 138 Å². The van der Waals surface area contributed by atoms with Crippen molar-refractivity contribution in [1.29, 1.82) is 0 Å². The number of allylic oxidation sites excluding steroid dienone is 1. The van der Waals surface area contributed by atoms with Gasteiger partial charge >= 0.3 is 0 Å². The SMILES string of the molecule is CC[C@H](CC[C@@H](C)[C@H]1CC[C@H]2[C@@H]3CC=C4C[C@@H](O[Si](C)(C)C)CC[C@]4(C)[C@H]3CC[C@]12C)C(C)C. The zero-order valence-electron chi connectivity index (χ0n) is 24.4. The highest BCUT2D eigenvalue weighted by atomic mass is 28.4. The van der Waals surface area contributed by atoms with Gasteiger partial charge in [0.15, 0.2) is 8.32 Å². The molecular formula is C32H58OSi. The minimum Gasteiger partial charge on any atom is -0.414 e. The van der Waals surface area contributed by atoms with E-state index in [4.69, 9.17) is 4.43 Å². The third-order valence-electron chi connectivity index (χ3n) is 11.8. The van der Waals surface area contributed by atoms with E-state index in [9.17, 15) is 0 Å². The molecule has 0 heterocycles. The molecule has 0 bridgehead atoms. The molecule has 0 amide bonds. The summed E-state index contributed by atoms with van der Waals surface area (Å²) >= 11 is 0. The predicted molar refractivity (Wildman–Crippen MR) is 150 cm³/mol. The van der Waals surface area contributed by atoms with E-state index in [1.807, 2.05) is 0 Å². The fourth-order valence-corrected chi connectivity index (χ4v) is 11.1. The van der Waals surface area contributed by atoms with Crippen LogP contribution in [0.4, 0.5) is 0 Å². The maximum Gasteiger partial charge on any atom is 0.184 e. The van der Waals surface area contributed by atoms with E-state index >= 15 is 0 Å². The van der Waals surface area contributed by atoms with Crippen molar-refractivity contribution in [3.05, 3.63) is 11.6 Å². The van der Waals surface area contributed by atoms with E-state index < -0.39 is 8.32 Å². The molecule has 3 saturated carbocycles. The molecule has 0 spiro atoms. The summed E-state index contributed by atoms with van der Waals surface area (Å²) in [6, 6.07) is 0. The van der Waals surface area contributed by atoms with Crippen LogP contribution < -0.4 is 0 Å². The first-order valence-corrected chi connectivity index (χ1v) is 18.7. The molecule has 0 N–H and O–H groups in total. The second-order valence-electron chi connectivity index (χ2n) is 15.0. The van der Waals surface area contributed by atoms with Crippen LogP contribution in [0.15, 0.2) is 11.6 Å². The predicted octanol–water partition coefficient (Wildman–Crippen LogP) is 9.88. The second kappa shape index (κ2) is 10.00. The van der Waals surface area contributed by atoms with Crippen molar-refractivity contribution < 1.29 is 4.43 Å². The van der Waals surface area contributed by atoms with Crippen molar-refractivity contribution in [1.82, 2.24) is 0 Å². The van der Waals surface area contributed by atoms with E-state index in [1.54, 1.807) is 5.57 Å². The van der Waals surface area contributed by atoms with E-state index in [-0.39, 0.29) is 0 Å². The Hall–Kier alpha value is -0.0831. The smallest absolute Gasteiger partial charge is 0.184 e.